The Labute approximate surface area is 99.8 Å². The number of rotatable bonds is 5. The van der Waals surface area contributed by atoms with Crippen molar-refractivity contribution in [1.29, 1.82) is 0 Å². The molecule has 6 nitrogen and oxygen atoms in total. The summed E-state index contributed by atoms with van der Waals surface area (Å²) in [7, 11) is -8.98. The molecule has 0 unspecified atom stereocenters. The van der Waals surface area contributed by atoms with Gasteiger partial charge in [-0.3, -0.25) is 4.18 Å². The zero-order valence-corrected chi connectivity index (χ0v) is 11.0. The van der Waals surface area contributed by atoms with Crippen LogP contribution in [0, 0.1) is 0 Å². The van der Waals surface area contributed by atoms with Gasteiger partial charge in [0.15, 0.2) is 5.08 Å². The average molecular weight is 240 g/mol. The summed E-state index contributed by atoms with van der Waals surface area (Å²) in [6.07, 6.45) is 0.429. The number of hydrogen-bond donors (Lipinski definition) is 0. The van der Waals surface area contributed by atoms with Crippen molar-refractivity contribution in [2.75, 3.05) is 11.7 Å². The first-order chi connectivity index (χ1) is 5.27. The molecule has 13 heavy (non-hydrogen) atoms. The van der Waals surface area contributed by atoms with Crippen LogP contribution in [0.2, 0.25) is 0 Å². The van der Waals surface area contributed by atoms with E-state index in [1.807, 2.05) is 0 Å². The first kappa shape index (κ1) is 16.3. The molecule has 0 N–H and O–H groups in total. The van der Waals surface area contributed by atoms with E-state index in [0.29, 0.717) is 6.42 Å². The van der Waals surface area contributed by atoms with Crippen LogP contribution >= 0.6 is 0 Å². The van der Waals surface area contributed by atoms with Gasteiger partial charge in [0, 0.05) is 0 Å². The molecule has 0 fully saturated rings. The third-order valence-corrected chi connectivity index (χ3v) is 3.59. The quantitative estimate of drug-likeness (QED) is 0.278. The summed E-state index contributed by atoms with van der Waals surface area (Å²) >= 11 is 0. The summed E-state index contributed by atoms with van der Waals surface area (Å²) in [5, 5.41) is -1.50. The van der Waals surface area contributed by atoms with E-state index in [4.69, 9.17) is 0 Å². The molecule has 0 radical (unpaired) electrons. The van der Waals surface area contributed by atoms with Gasteiger partial charge in [-0.2, -0.15) is 8.42 Å². The molecule has 74 valence electrons. The molecule has 0 saturated heterocycles. The maximum absolute atomic E-state index is 10.6. The van der Waals surface area contributed by atoms with Crippen molar-refractivity contribution in [3.8, 4) is 0 Å². The zero-order chi connectivity index (χ0) is 9.83. The zero-order valence-electron chi connectivity index (χ0n) is 7.39. The molecule has 0 rings (SSSR count). The smallest absolute Gasteiger partial charge is 0.747 e. The van der Waals surface area contributed by atoms with Gasteiger partial charge >= 0.3 is 29.6 Å². The van der Waals surface area contributed by atoms with Crippen molar-refractivity contribution in [3.63, 3.8) is 0 Å². The molecular formula is C4H9NaO6S2. The first-order valence-corrected chi connectivity index (χ1v) is 6.23. The van der Waals surface area contributed by atoms with Crippen LogP contribution in [0.1, 0.15) is 13.3 Å². The fraction of sp³-hybridized carbons (Fsp3) is 1.00. The molecule has 0 aliphatic heterocycles. The second-order valence-electron chi connectivity index (χ2n) is 2.06. The van der Waals surface area contributed by atoms with Gasteiger partial charge in [0.1, 0.15) is 10.1 Å². The van der Waals surface area contributed by atoms with Crippen molar-refractivity contribution in [3.05, 3.63) is 0 Å². The van der Waals surface area contributed by atoms with E-state index in [1.165, 1.54) is 0 Å². The minimum absolute atomic E-state index is 0. The van der Waals surface area contributed by atoms with Crippen molar-refractivity contribution in [1.82, 2.24) is 0 Å². The summed E-state index contributed by atoms with van der Waals surface area (Å²) in [5.74, 6) is 0. The van der Waals surface area contributed by atoms with Gasteiger partial charge in [-0.15, -0.1) is 0 Å². The fourth-order valence-corrected chi connectivity index (χ4v) is 2.53. The predicted octanol–water partition coefficient (Wildman–Crippen LogP) is -3.75. The molecular weight excluding hydrogens is 231 g/mol. The van der Waals surface area contributed by atoms with Crippen molar-refractivity contribution >= 4 is 20.2 Å². The summed E-state index contributed by atoms with van der Waals surface area (Å²) in [6, 6.07) is 0. The monoisotopic (exact) mass is 240 g/mol. The van der Waals surface area contributed by atoms with E-state index >= 15 is 0 Å². The standard InChI is InChI=1S/C4H10O6S2.Na/c1-2-3-10-12(8,9)4-11(5,6)7;/h2-4H2,1H3,(H,5,6,7);/q;+1/p-1. The molecule has 0 aromatic heterocycles. The normalized spacial score (nSPS) is 12.2. The molecule has 0 amide bonds. The third kappa shape index (κ3) is 10.7. The summed E-state index contributed by atoms with van der Waals surface area (Å²) in [6.45, 7) is 1.54. The minimum atomic E-state index is -4.78. The Hall–Kier alpha value is 0.820. The molecule has 0 spiro atoms. The Balaban J connectivity index is 0. The summed E-state index contributed by atoms with van der Waals surface area (Å²) in [5.41, 5.74) is 0. The molecule has 0 aromatic rings. The van der Waals surface area contributed by atoms with Crippen LogP contribution in [0.5, 0.6) is 0 Å². The van der Waals surface area contributed by atoms with Gasteiger partial charge in [-0.25, -0.2) is 8.42 Å². The van der Waals surface area contributed by atoms with Gasteiger partial charge in [-0.05, 0) is 6.42 Å². The van der Waals surface area contributed by atoms with Crippen LogP contribution in [-0.4, -0.2) is 33.1 Å². The van der Waals surface area contributed by atoms with Crippen LogP contribution in [0.15, 0.2) is 0 Å². The van der Waals surface area contributed by atoms with E-state index in [9.17, 15) is 21.4 Å². The second-order valence-corrected chi connectivity index (χ2v) is 5.46. The summed E-state index contributed by atoms with van der Waals surface area (Å²) in [4.78, 5) is 0. The Morgan fingerprint density at radius 1 is 1.23 bits per heavy atom. The van der Waals surface area contributed by atoms with Gasteiger partial charge in [-0.1, -0.05) is 6.92 Å². The van der Waals surface area contributed by atoms with Gasteiger partial charge in [0.2, 0.25) is 0 Å². The van der Waals surface area contributed by atoms with Gasteiger partial charge in [0.25, 0.3) is 10.1 Å². The maximum atomic E-state index is 10.6. The van der Waals surface area contributed by atoms with E-state index < -0.39 is 25.3 Å². The second kappa shape index (κ2) is 6.33. The fourth-order valence-electron chi connectivity index (χ4n) is 0.421. The van der Waals surface area contributed by atoms with Crippen LogP contribution < -0.4 is 29.6 Å². The largest absolute Gasteiger partial charge is 1.00 e. The molecule has 0 aliphatic carbocycles. The third-order valence-electron chi connectivity index (χ3n) is 0.756. The molecule has 0 aromatic carbocycles. The van der Waals surface area contributed by atoms with Gasteiger partial charge < -0.3 is 4.55 Å². The van der Waals surface area contributed by atoms with E-state index in [-0.39, 0.29) is 36.2 Å². The van der Waals surface area contributed by atoms with E-state index in [2.05, 4.69) is 4.18 Å². The van der Waals surface area contributed by atoms with Gasteiger partial charge in [0.05, 0.1) is 6.61 Å². The van der Waals surface area contributed by atoms with Crippen LogP contribution in [0.3, 0.4) is 0 Å². The average Bonchev–Trinajstić information content (AvgIpc) is 1.78. The molecule has 0 aliphatic rings. The first-order valence-electron chi connectivity index (χ1n) is 3.07. The van der Waals surface area contributed by atoms with E-state index in [0.717, 1.165) is 0 Å². The Morgan fingerprint density at radius 2 is 1.69 bits per heavy atom. The van der Waals surface area contributed by atoms with Crippen molar-refractivity contribution < 1.29 is 55.1 Å². The molecule has 0 bridgehead atoms. The van der Waals surface area contributed by atoms with Crippen molar-refractivity contribution in [2.45, 2.75) is 13.3 Å². The molecule has 9 heteroatoms. The SMILES string of the molecule is CCCOS(=O)(=O)CS(=O)(=O)[O-].[Na+]. The molecule has 0 heterocycles. The molecule has 0 saturated carbocycles. The minimum Gasteiger partial charge on any atom is -0.747 e. The number of hydrogen-bond acceptors (Lipinski definition) is 6. The Bertz CT molecular complexity index is 317. The maximum Gasteiger partial charge on any atom is 1.00 e. The van der Waals surface area contributed by atoms with Crippen molar-refractivity contribution in [2.24, 2.45) is 0 Å². The predicted molar refractivity (Wildman–Crippen MR) is 39.7 cm³/mol. The van der Waals surface area contributed by atoms with Crippen LogP contribution in [0.25, 0.3) is 0 Å². The van der Waals surface area contributed by atoms with Crippen LogP contribution in [0.4, 0.5) is 0 Å². The summed E-state index contributed by atoms with van der Waals surface area (Å²) < 4.78 is 55.3. The Morgan fingerprint density at radius 3 is 2.00 bits per heavy atom. The van der Waals surface area contributed by atoms with Crippen LogP contribution in [-0.2, 0) is 24.4 Å². The topological polar surface area (TPSA) is 101 Å². The Kier molecular flexibility index (Phi) is 7.92. The molecule has 0 atom stereocenters. The van der Waals surface area contributed by atoms with E-state index in [1.54, 1.807) is 6.92 Å².